The minimum absolute atomic E-state index is 0.00259. The number of carbonyl (C=O) groups excluding carboxylic acids is 1. The lowest BCUT2D eigenvalue weighted by Gasteiger charge is -2.17. The van der Waals surface area contributed by atoms with E-state index in [-0.39, 0.29) is 11.9 Å². The van der Waals surface area contributed by atoms with Crippen LogP contribution in [0.2, 0.25) is 0 Å². The fourth-order valence-electron chi connectivity index (χ4n) is 2.33. The molecular formula is C9H15NO2. The smallest absolute Gasteiger partial charge is 0.310 e. The second-order valence-electron chi connectivity index (χ2n) is 3.64. The van der Waals surface area contributed by atoms with Crippen molar-refractivity contribution in [2.45, 2.75) is 38.3 Å². The van der Waals surface area contributed by atoms with Crippen LogP contribution < -0.4 is 5.32 Å². The maximum absolute atomic E-state index is 11.4. The maximum atomic E-state index is 11.4. The summed E-state index contributed by atoms with van der Waals surface area (Å²) in [5.41, 5.74) is 0. The Bertz CT molecular complexity index is 193. The van der Waals surface area contributed by atoms with E-state index in [1.807, 2.05) is 6.92 Å². The number of hydrogen-bond donors (Lipinski definition) is 1. The molecule has 3 heteroatoms. The summed E-state index contributed by atoms with van der Waals surface area (Å²) in [5, 5.41) is 3.42. The van der Waals surface area contributed by atoms with Gasteiger partial charge in [0.1, 0.15) is 0 Å². The molecule has 0 radical (unpaired) electrons. The lowest BCUT2D eigenvalue weighted by atomic mass is 9.89. The van der Waals surface area contributed by atoms with E-state index in [2.05, 4.69) is 5.32 Å². The van der Waals surface area contributed by atoms with E-state index in [1.165, 1.54) is 6.42 Å². The zero-order chi connectivity index (χ0) is 8.55. The molecule has 2 aliphatic rings. The highest BCUT2D eigenvalue weighted by atomic mass is 16.5. The summed E-state index contributed by atoms with van der Waals surface area (Å²) >= 11 is 0. The first-order chi connectivity index (χ1) is 5.81. The van der Waals surface area contributed by atoms with E-state index < -0.39 is 0 Å². The Labute approximate surface area is 72.5 Å². The molecule has 0 aromatic rings. The molecule has 12 heavy (non-hydrogen) atoms. The molecule has 0 spiro atoms. The van der Waals surface area contributed by atoms with Crippen molar-refractivity contribution in [3.63, 3.8) is 0 Å². The predicted octanol–water partition coefficient (Wildman–Crippen LogP) is 0.690. The van der Waals surface area contributed by atoms with E-state index in [0.29, 0.717) is 18.7 Å². The summed E-state index contributed by atoms with van der Waals surface area (Å²) < 4.78 is 5.00. The summed E-state index contributed by atoms with van der Waals surface area (Å²) in [7, 11) is 0. The summed E-state index contributed by atoms with van der Waals surface area (Å²) in [6.45, 7) is 2.37. The Hall–Kier alpha value is -0.570. The van der Waals surface area contributed by atoms with Crippen LogP contribution in [-0.4, -0.2) is 24.7 Å². The molecule has 3 nitrogen and oxygen atoms in total. The van der Waals surface area contributed by atoms with Crippen LogP contribution >= 0.6 is 0 Å². The van der Waals surface area contributed by atoms with Gasteiger partial charge in [-0.05, 0) is 26.2 Å². The van der Waals surface area contributed by atoms with Crippen LogP contribution in [0.1, 0.15) is 26.2 Å². The van der Waals surface area contributed by atoms with Gasteiger partial charge in [0.15, 0.2) is 0 Å². The highest BCUT2D eigenvalue weighted by molar-refractivity contribution is 5.74. The van der Waals surface area contributed by atoms with E-state index >= 15 is 0 Å². The van der Waals surface area contributed by atoms with Gasteiger partial charge < -0.3 is 10.1 Å². The van der Waals surface area contributed by atoms with Crippen molar-refractivity contribution >= 4 is 5.97 Å². The fraction of sp³-hybridized carbons (Fsp3) is 0.889. The Morgan fingerprint density at radius 1 is 1.58 bits per heavy atom. The molecule has 0 saturated carbocycles. The highest BCUT2D eigenvalue weighted by Crippen LogP contribution is 2.33. The van der Waals surface area contributed by atoms with Crippen molar-refractivity contribution in [2.24, 2.45) is 5.92 Å². The lowest BCUT2D eigenvalue weighted by molar-refractivity contribution is -0.148. The average Bonchev–Trinajstić information content (AvgIpc) is 2.64. The van der Waals surface area contributed by atoms with Gasteiger partial charge in [0.25, 0.3) is 0 Å². The largest absolute Gasteiger partial charge is 0.466 e. The standard InChI is InChI=1S/C9H15NO2/c1-2-12-9(11)7-5-6-3-4-8(7)10-6/h6-8,10H,2-5H2,1H3/t6?,7-,8?/m0/s1. The number of hydrogen-bond acceptors (Lipinski definition) is 3. The molecule has 2 bridgehead atoms. The fourth-order valence-corrected chi connectivity index (χ4v) is 2.33. The van der Waals surface area contributed by atoms with Crippen LogP contribution in [0.5, 0.6) is 0 Å². The van der Waals surface area contributed by atoms with Crippen molar-refractivity contribution in [1.29, 1.82) is 0 Å². The molecule has 3 atom stereocenters. The normalized spacial score (nSPS) is 38.6. The Kier molecular flexibility index (Phi) is 2.05. The van der Waals surface area contributed by atoms with Gasteiger partial charge in [0.2, 0.25) is 0 Å². The molecule has 68 valence electrons. The van der Waals surface area contributed by atoms with Gasteiger partial charge in [-0.1, -0.05) is 0 Å². The second-order valence-corrected chi connectivity index (χ2v) is 3.64. The third kappa shape index (κ3) is 1.22. The van der Waals surface area contributed by atoms with Crippen LogP contribution in [0.4, 0.5) is 0 Å². The first-order valence-electron chi connectivity index (χ1n) is 4.74. The summed E-state index contributed by atoms with van der Waals surface area (Å²) in [6.07, 6.45) is 3.37. The molecule has 0 aromatic heterocycles. The molecule has 2 unspecified atom stereocenters. The predicted molar refractivity (Wildman–Crippen MR) is 44.7 cm³/mol. The van der Waals surface area contributed by atoms with Gasteiger partial charge in [-0.3, -0.25) is 4.79 Å². The third-order valence-corrected chi connectivity index (χ3v) is 2.89. The molecule has 1 N–H and O–H groups in total. The summed E-state index contributed by atoms with van der Waals surface area (Å²) in [4.78, 5) is 11.4. The Balaban J connectivity index is 1.93. The number of ether oxygens (including phenoxy) is 1. The van der Waals surface area contributed by atoms with Crippen LogP contribution in [0.3, 0.4) is 0 Å². The monoisotopic (exact) mass is 169 g/mol. The number of fused-ring (bicyclic) bond motifs is 2. The molecular weight excluding hydrogens is 154 g/mol. The first-order valence-corrected chi connectivity index (χ1v) is 4.74. The summed E-state index contributed by atoms with van der Waals surface area (Å²) in [5.74, 6) is 0.140. The van der Waals surface area contributed by atoms with E-state index in [4.69, 9.17) is 4.74 Å². The van der Waals surface area contributed by atoms with Crippen molar-refractivity contribution in [3.8, 4) is 0 Å². The van der Waals surface area contributed by atoms with Crippen molar-refractivity contribution < 1.29 is 9.53 Å². The SMILES string of the molecule is CCOC(=O)[C@H]1CC2CCC1N2. The van der Waals surface area contributed by atoms with Crippen LogP contribution in [0.15, 0.2) is 0 Å². The number of carbonyl (C=O) groups is 1. The van der Waals surface area contributed by atoms with E-state index in [9.17, 15) is 4.79 Å². The lowest BCUT2D eigenvalue weighted by Crippen LogP contribution is -2.30. The zero-order valence-electron chi connectivity index (χ0n) is 7.38. The molecule has 2 aliphatic heterocycles. The minimum atomic E-state index is -0.00259. The molecule has 2 fully saturated rings. The van der Waals surface area contributed by atoms with E-state index in [1.54, 1.807) is 0 Å². The number of rotatable bonds is 2. The van der Waals surface area contributed by atoms with Gasteiger partial charge in [-0.15, -0.1) is 0 Å². The van der Waals surface area contributed by atoms with Crippen LogP contribution in [0.25, 0.3) is 0 Å². The van der Waals surface area contributed by atoms with Gasteiger partial charge >= 0.3 is 5.97 Å². The zero-order valence-corrected chi connectivity index (χ0v) is 7.38. The number of nitrogens with one attached hydrogen (secondary N) is 1. The molecule has 2 saturated heterocycles. The molecule has 0 aromatic carbocycles. The maximum Gasteiger partial charge on any atom is 0.310 e. The quantitative estimate of drug-likeness (QED) is 0.618. The molecule has 2 rings (SSSR count). The van der Waals surface area contributed by atoms with E-state index in [0.717, 1.165) is 12.8 Å². The van der Waals surface area contributed by atoms with Gasteiger partial charge in [0, 0.05) is 12.1 Å². The second kappa shape index (κ2) is 3.05. The molecule has 0 aliphatic carbocycles. The van der Waals surface area contributed by atoms with Crippen molar-refractivity contribution in [3.05, 3.63) is 0 Å². The van der Waals surface area contributed by atoms with Crippen LogP contribution in [0, 0.1) is 5.92 Å². The van der Waals surface area contributed by atoms with Crippen molar-refractivity contribution in [2.75, 3.05) is 6.61 Å². The number of esters is 1. The Morgan fingerprint density at radius 2 is 2.42 bits per heavy atom. The molecule has 0 amide bonds. The van der Waals surface area contributed by atoms with Gasteiger partial charge in [-0.25, -0.2) is 0 Å². The minimum Gasteiger partial charge on any atom is -0.466 e. The van der Waals surface area contributed by atoms with Gasteiger partial charge in [0.05, 0.1) is 12.5 Å². The highest BCUT2D eigenvalue weighted by Gasteiger charge is 2.43. The first kappa shape index (κ1) is 8.05. The van der Waals surface area contributed by atoms with Gasteiger partial charge in [-0.2, -0.15) is 0 Å². The topological polar surface area (TPSA) is 38.3 Å². The summed E-state index contributed by atoms with van der Waals surface area (Å²) in [6, 6.07) is 0.999. The van der Waals surface area contributed by atoms with Crippen LogP contribution in [-0.2, 0) is 9.53 Å². The van der Waals surface area contributed by atoms with Crippen molar-refractivity contribution in [1.82, 2.24) is 5.32 Å². The third-order valence-electron chi connectivity index (χ3n) is 2.89. The average molecular weight is 169 g/mol. The Morgan fingerprint density at radius 3 is 2.92 bits per heavy atom. The molecule has 2 heterocycles.